The van der Waals surface area contributed by atoms with Crippen LogP contribution in [-0.4, -0.2) is 4.98 Å². The fraction of sp³-hybridized carbons (Fsp3) is 0. The topological polar surface area (TPSA) is 24.9 Å². The number of halogens is 3. The van der Waals surface area contributed by atoms with E-state index in [2.05, 4.69) is 10.3 Å². The molecule has 0 amide bonds. The highest BCUT2D eigenvalue weighted by molar-refractivity contribution is 6.30. The molecule has 0 radical (unpaired) electrons. The summed E-state index contributed by atoms with van der Waals surface area (Å²) in [4.78, 5) is 3.94. The van der Waals surface area contributed by atoms with Crippen molar-refractivity contribution in [1.29, 1.82) is 0 Å². The third kappa shape index (κ3) is 2.67. The highest BCUT2D eigenvalue weighted by atomic mass is 35.5. The van der Waals surface area contributed by atoms with Gasteiger partial charge in [-0.2, -0.15) is 0 Å². The molecule has 0 aliphatic heterocycles. The molecule has 5 heteroatoms. The fourth-order valence-electron chi connectivity index (χ4n) is 1.22. The molecule has 0 atom stereocenters. The molecule has 16 heavy (non-hydrogen) atoms. The highest BCUT2D eigenvalue weighted by Gasteiger charge is 2.01. The Balaban J connectivity index is 2.23. The van der Waals surface area contributed by atoms with Gasteiger partial charge in [0, 0.05) is 18.0 Å². The number of nitrogens with zero attached hydrogens (tertiary/aromatic N) is 1. The lowest BCUT2D eigenvalue weighted by Crippen LogP contribution is -1.94. The summed E-state index contributed by atoms with van der Waals surface area (Å²) in [5.41, 5.74) is 0.298. The summed E-state index contributed by atoms with van der Waals surface area (Å²) in [6.45, 7) is 0. The minimum absolute atomic E-state index is 0.298. The lowest BCUT2D eigenvalue weighted by Gasteiger charge is -2.05. The number of hydrogen-bond acceptors (Lipinski definition) is 2. The number of rotatable bonds is 2. The monoisotopic (exact) mass is 240 g/mol. The third-order valence-electron chi connectivity index (χ3n) is 1.86. The summed E-state index contributed by atoms with van der Waals surface area (Å²) in [7, 11) is 0. The van der Waals surface area contributed by atoms with Gasteiger partial charge in [0.1, 0.15) is 17.5 Å². The van der Waals surface area contributed by atoms with Crippen molar-refractivity contribution in [3.05, 3.63) is 53.2 Å². The summed E-state index contributed by atoms with van der Waals surface area (Å²) >= 11 is 5.65. The molecule has 2 aromatic rings. The van der Waals surface area contributed by atoms with E-state index >= 15 is 0 Å². The van der Waals surface area contributed by atoms with E-state index < -0.39 is 11.6 Å². The Morgan fingerprint density at radius 3 is 2.31 bits per heavy atom. The second-order valence-electron chi connectivity index (χ2n) is 3.14. The van der Waals surface area contributed by atoms with Crippen molar-refractivity contribution >= 4 is 23.1 Å². The summed E-state index contributed by atoms with van der Waals surface area (Å²) in [6, 6.07) is 6.41. The Labute approximate surface area is 95.9 Å². The molecule has 0 bridgehead atoms. The van der Waals surface area contributed by atoms with Crippen LogP contribution in [0.3, 0.4) is 0 Å². The quantitative estimate of drug-likeness (QED) is 0.865. The normalized spacial score (nSPS) is 10.2. The molecule has 0 aliphatic carbocycles. The highest BCUT2D eigenvalue weighted by Crippen LogP contribution is 2.18. The van der Waals surface area contributed by atoms with E-state index in [0.29, 0.717) is 16.5 Å². The lowest BCUT2D eigenvalue weighted by atomic mass is 10.3. The maximum absolute atomic E-state index is 12.9. The zero-order valence-corrected chi connectivity index (χ0v) is 8.80. The molecule has 0 unspecified atom stereocenters. The molecule has 82 valence electrons. The summed E-state index contributed by atoms with van der Waals surface area (Å²) in [6.07, 6.45) is 1.44. The van der Waals surface area contributed by atoms with E-state index in [-0.39, 0.29) is 0 Å². The zero-order valence-electron chi connectivity index (χ0n) is 8.05. The van der Waals surface area contributed by atoms with Gasteiger partial charge in [-0.15, -0.1) is 0 Å². The van der Waals surface area contributed by atoms with Gasteiger partial charge in [0.2, 0.25) is 0 Å². The van der Waals surface area contributed by atoms with Gasteiger partial charge in [-0.05, 0) is 24.3 Å². The lowest BCUT2D eigenvalue weighted by molar-refractivity contribution is 0.584. The van der Waals surface area contributed by atoms with Crippen molar-refractivity contribution in [3.63, 3.8) is 0 Å². The van der Waals surface area contributed by atoms with Gasteiger partial charge in [0.15, 0.2) is 0 Å². The molecular weight excluding hydrogens is 234 g/mol. The summed E-state index contributed by atoms with van der Waals surface area (Å²) in [5, 5.41) is 3.26. The molecular formula is C11H7ClF2N2. The van der Waals surface area contributed by atoms with Crippen LogP contribution in [0.15, 0.2) is 36.5 Å². The Bertz CT molecular complexity index is 480. The fourth-order valence-corrected chi connectivity index (χ4v) is 1.34. The predicted octanol–water partition coefficient (Wildman–Crippen LogP) is 3.76. The maximum Gasteiger partial charge on any atom is 0.130 e. The van der Waals surface area contributed by atoms with E-state index in [1.807, 2.05) is 0 Å². The Kier molecular flexibility index (Phi) is 3.01. The van der Waals surface area contributed by atoms with Crippen molar-refractivity contribution in [2.24, 2.45) is 0 Å². The van der Waals surface area contributed by atoms with Crippen molar-refractivity contribution in [3.8, 4) is 0 Å². The maximum atomic E-state index is 12.9. The first kappa shape index (κ1) is 10.8. The van der Waals surface area contributed by atoms with Crippen LogP contribution in [0.5, 0.6) is 0 Å². The number of hydrogen-bond donors (Lipinski definition) is 1. The summed E-state index contributed by atoms with van der Waals surface area (Å²) < 4.78 is 25.7. The first-order valence-corrected chi connectivity index (χ1v) is 4.86. The Morgan fingerprint density at radius 1 is 1.06 bits per heavy atom. The summed E-state index contributed by atoms with van der Waals surface area (Å²) in [5.74, 6) is -0.817. The van der Waals surface area contributed by atoms with Crippen molar-refractivity contribution in [1.82, 2.24) is 4.98 Å². The van der Waals surface area contributed by atoms with Crippen molar-refractivity contribution < 1.29 is 8.78 Å². The van der Waals surface area contributed by atoms with E-state index in [1.54, 1.807) is 12.1 Å². The van der Waals surface area contributed by atoms with Gasteiger partial charge in [-0.25, -0.2) is 13.8 Å². The predicted molar refractivity (Wildman–Crippen MR) is 58.9 cm³/mol. The van der Waals surface area contributed by atoms with E-state index in [0.717, 1.165) is 6.07 Å². The number of nitrogens with one attached hydrogen (secondary N) is 1. The van der Waals surface area contributed by atoms with Gasteiger partial charge in [0.05, 0.1) is 5.02 Å². The molecule has 1 N–H and O–H groups in total. The van der Waals surface area contributed by atoms with E-state index in [4.69, 9.17) is 11.6 Å². The van der Waals surface area contributed by atoms with Crippen LogP contribution in [0, 0.1) is 11.6 Å². The number of aromatic nitrogens is 1. The second kappa shape index (κ2) is 4.45. The molecule has 1 aromatic heterocycles. The van der Waals surface area contributed by atoms with Crippen LogP contribution >= 0.6 is 11.6 Å². The zero-order chi connectivity index (χ0) is 11.5. The molecule has 1 aromatic carbocycles. The van der Waals surface area contributed by atoms with Crippen LogP contribution in [0.25, 0.3) is 0 Å². The standard InChI is InChI=1S/C11H7ClF2N2/c12-7-1-2-11(15-6-7)16-10-4-8(13)3-9(14)5-10/h1-6H,(H,15,16). The minimum Gasteiger partial charge on any atom is -0.340 e. The van der Waals surface area contributed by atoms with Gasteiger partial charge in [-0.1, -0.05) is 11.6 Å². The molecule has 0 saturated carbocycles. The van der Waals surface area contributed by atoms with Crippen LogP contribution in [0.4, 0.5) is 20.3 Å². The first-order valence-electron chi connectivity index (χ1n) is 4.48. The van der Waals surface area contributed by atoms with E-state index in [1.165, 1.54) is 18.3 Å². The van der Waals surface area contributed by atoms with Crippen LogP contribution in [0.1, 0.15) is 0 Å². The van der Waals surface area contributed by atoms with Crippen LogP contribution in [0.2, 0.25) is 5.02 Å². The van der Waals surface area contributed by atoms with E-state index in [9.17, 15) is 8.78 Å². The van der Waals surface area contributed by atoms with Gasteiger partial charge in [0.25, 0.3) is 0 Å². The number of anilines is 2. The molecule has 0 saturated heterocycles. The van der Waals surface area contributed by atoms with Crippen LogP contribution in [-0.2, 0) is 0 Å². The van der Waals surface area contributed by atoms with Crippen LogP contribution < -0.4 is 5.32 Å². The molecule has 2 nitrogen and oxygen atoms in total. The Hall–Kier alpha value is -1.68. The average molecular weight is 241 g/mol. The SMILES string of the molecule is Fc1cc(F)cc(Nc2ccc(Cl)cn2)c1. The average Bonchev–Trinajstić information content (AvgIpc) is 2.20. The second-order valence-corrected chi connectivity index (χ2v) is 3.58. The minimum atomic E-state index is -0.642. The molecule has 0 aliphatic rings. The van der Waals surface area contributed by atoms with Gasteiger partial charge in [-0.3, -0.25) is 0 Å². The number of benzene rings is 1. The van der Waals surface area contributed by atoms with Gasteiger partial charge >= 0.3 is 0 Å². The number of pyridine rings is 1. The molecule has 0 spiro atoms. The van der Waals surface area contributed by atoms with Crippen molar-refractivity contribution in [2.75, 3.05) is 5.32 Å². The molecule has 2 rings (SSSR count). The third-order valence-corrected chi connectivity index (χ3v) is 2.09. The largest absolute Gasteiger partial charge is 0.340 e. The Morgan fingerprint density at radius 2 is 1.75 bits per heavy atom. The first-order chi connectivity index (χ1) is 7.63. The van der Waals surface area contributed by atoms with Gasteiger partial charge < -0.3 is 5.32 Å². The smallest absolute Gasteiger partial charge is 0.130 e. The molecule has 1 heterocycles. The molecule has 0 fully saturated rings. The van der Waals surface area contributed by atoms with Crippen molar-refractivity contribution in [2.45, 2.75) is 0 Å².